The molecule has 0 atom stereocenters. The zero-order valence-corrected chi connectivity index (χ0v) is 14.1. The molecule has 0 heterocycles. The Labute approximate surface area is 143 Å². The first-order valence-electron chi connectivity index (χ1n) is 8.38. The standard InChI is InChI=1S/C24H20/c1-17-8-10-19(11-9-17)21-12-14-24-18(2)23(15-13-22(24)16-21)20-6-4-3-5-7-20/h3-16H,1-2H3. The lowest BCUT2D eigenvalue weighted by atomic mass is 9.93. The molecule has 0 aliphatic rings. The van der Waals surface area contributed by atoms with Crippen LogP contribution >= 0.6 is 0 Å². The van der Waals surface area contributed by atoms with Gasteiger partial charge >= 0.3 is 0 Å². The number of benzene rings is 4. The highest BCUT2D eigenvalue weighted by atomic mass is 14.1. The minimum Gasteiger partial charge on any atom is -0.0622 e. The second-order valence-corrected chi connectivity index (χ2v) is 6.41. The molecular formula is C24H20. The Bertz CT molecular complexity index is 993. The summed E-state index contributed by atoms with van der Waals surface area (Å²) in [6, 6.07) is 30.6. The van der Waals surface area contributed by atoms with Gasteiger partial charge < -0.3 is 0 Å². The molecule has 0 nitrogen and oxygen atoms in total. The monoisotopic (exact) mass is 308 g/mol. The van der Waals surface area contributed by atoms with Crippen molar-refractivity contribution in [3.8, 4) is 22.3 Å². The molecule has 0 fully saturated rings. The van der Waals surface area contributed by atoms with Gasteiger partial charge in [-0.05, 0) is 58.5 Å². The van der Waals surface area contributed by atoms with Crippen molar-refractivity contribution in [2.75, 3.05) is 0 Å². The van der Waals surface area contributed by atoms with Gasteiger partial charge in [0.1, 0.15) is 0 Å². The van der Waals surface area contributed by atoms with E-state index in [-0.39, 0.29) is 0 Å². The third-order valence-corrected chi connectivity index (χ3v) is 4.76. The van der Waals surface area contributed by atoms with Gasteiger partial charge in [-0.15, -0.1) is 0 Å². The maximum atomic E-state index is 2.29. The van der Waals surface area contributed by atoms with Crippen LogP contribution in [-0.4, -0.2) is 0 Å². The van der Waals surface area contributed by atoms with E-state index >= 15 is 0 Å². The molecule has 0 bridgehead atoms. The van der Waals surface area contributed by atoms with Crippen LogP contribution in [0.15, 0.2) is 84.9 Å². The van der Waals surface area contributed by atoms with Gasteiger partial charge in [-0.3, -0.25) is 0 Å². The number of rotatable bonds is 2. The Kier molecular flexibility index (Phi) is 3.66. The molecule has 4 rings (SSSR count). The molecule has 0 saturated carbocycles. The zero-order valence-electron chi connectivity index (χ0n) is 14.1. The van der Waals surface area contributed by atoms with E-state index in [0.717, 1.165) is 0 Å². The Morgan fingerprint density at radius 1 is 0.542 bits per heavy atom. The molecule has 0 aliphatic carbocycles. The minimum atomic E-state index is 1.27. The molecule has 0 saturated heterocycles. The van der Waals surface area contributed by atoms with E-state index in [0.29, 0.717) is 0 Å². The Balaban J connectivity index is 1.83. The van der Waals surface area contributed by atoms with Crippen LogP contribution < -0.4 is 0 Å². The number of fused-ring (bicyclic) bond motifs is 1. The molecule has 0 radical (unpaired) electrons. The average molecular weight is 308 g/mol. The van der Waals surface area contributed by atoms with Gasteiger partial charge in [0.05, 0.1) is 0 Å². The van der Waals surface area contributed by atoms with E-state index in [9.17, 15) is 0 Å². The first-order valence-corrected chi connectivity index (χ1v) is 8.38. The van der Waals surface area contributed by atoms with Crippen molar-refractivity contribution >= 4 is 10.8 Å². The number of hydrogen-bond donors (Lipinski definition) is 0. The quantitative estimate of drug-likeness (QED) is 0.382. The smallest absolute Gasteiger partial charge is 0.0148 e. The lowest BCUT2D eigenvalue weighted by Gasteiger charge is -2.11. The summed E-state index contributed by atoms with van der Waals surface area (Å²) in [6.45, 7) is 4.34. The fourth-order valence-electron chi connectivity index (χ4n) is 3.34. The van der Waals surface area contributed by atoms with Crippen LogP contribution in [0.25, 0.3) is 33.0 Å². The first-order chi connectivity index (χ1) is 11.7. The summed E-state index contributed by atoms with van der Waals surface area (Å²) < 4.78 is 0. The average Bonchev–Trinajstić information content (AvgIpc) is 2.63. The Hall–Kier alpha value is -2.86. The second kappa shape index (κ2) is 5.98. The maximum Gasteiger partial charge on any atom is -0.0148 e. The molecule has 0 aromatic heterocycles. The van der Waals surface area contributed by atoms with Crippen LogP contribution in [0.2, 0.25) is 0 Å². The lowest BCUT2D eigenvalue weighted by Crippen LogP contribution is -1.87. The van der Waals surface area contributed by atoms with E-state index in [2.05, 4.69) is 98.8 Å². The van der Waals surface area contributed by atoms with Gasteiger partial charge in [0.2, 0.25) is 0 Å². The normalized spacial score (nSPS) is 10.9. The van der Waals surface area contributed by atoms with Crippen molar-refractivity contribution in [3.63, 3.8) is 0 Å². The summed E-state index contributed by atoms with van der Waals surface area (Å²) in [4.78, 5) is 0. The lowest BCUT2D eigenvalue weighted by molar-refractivity contribution is 1.47. The van der Waals surface area contributed by atoms with Crippen LogP contribution in [0.4, 0.5) is 0 Å². The summed E-state index contributed by atoms with van der Waals surface area (Å²) in [5.74, 6) is 0. The van der Waals surface area contributed by atoms with Crippen LogP contribution in [0, 0.1) is 13.8 Å². The largest absolute Gasteiger partial charge is 0.0622 e. The highest BCUT2D eigenvalue weighted by molar-refractivity contribution is 5.94. The minimum absolute atomic E-state index is 1.27. The third kappa shape index (κ3) is 2.61. The molecule has 4 aromatic carbocycles. The second-order valence-electron chi connectivity index (χ2n) is 6.41. The first kappa shape index (κ1) is 14.7. The fraction of sp³-hybridized carbons (Fsp3) is 0.0833. The van der Waals surface area contributed by atoms with Crippen molar-refractivity contribution in [2.24, 2.45) is 0 Å². The molecule has 0 unspecified atom stereocenters. The summed E-state index contributed by atoms with van der Waals surface area (Å²) in [5, 5.41) is 2.62. The van der Waals surface area contributed by atoms with E-state index in [1.807, 2.05) is 0 Å². The molecular weight excluding hydrogens is 288 g/mol. The third-order valence-electron chi connectivity index (χ3n) is 4.76. The Morgan fingerprint density at radius 2 is 1.25 bits per heavy atom. The summed E-state index contributed by atoms with van der Waals surface area (Å²) in [5.41, 5.74) is 7.77. The van der Waals surface area contributed by atoms with Gasteiger partial charge in [0, 0.05) is 0 Å². The van der Waals surface area contributed by atoms with E-state index in [1.165, 1.54) is 44.2 Å². The maximum absolute atomic E-state index is 2.29. The number of hydrogen-bond acceptors (Lipinski definition) is 0. The van der Waals surface area contributed by atoms with Crippen LogP contribution in [-0.2, 0) is 0 Å². The van der Waals surface area contributed by atoms with E-state index in [1.54, 1.807) is 0 Å². The molecule has 0 aliphatic heterocycles. The van der Waals surface area contributed by atoms with E-state index in [4.69, 9.17) is 0 Å². The van der Waals surface area contributed by atoms with Crippen LogP contribution in [0.5, 0.6) is 0 Å². The molecule has 0 N–H and O–H groups in total. The molecule has 0 heteroatoms. The summed E-state index contributed by atoms with van der Waals surface area (Å²) >= 11 is 0. The van der Waals surface area contributed by atoms with Gasteiger partial charge in [-0.2, -0.15) is 0 Å². The summed E-state index contributed by atoms with van der Waals surface area (Å²) in [6.07, 6.45) is 0. The molecule has 116 valence electrons. The summed E-state index contributed by atoms with van der Waals surface area (Å²) in [7, 11) is 0. The van der Waals surface area contributed by atoms with E-state index < -0.39 is 0 Å². The molecule has 4 aromatic rings. The molecule has 0 amide bonds. The topological polar surface area (TPSA) is 0 Å². The van der Waals surface area contributed by atoms with Gasteiger partial charge in [-0.25, -0.2) is 0 Å². The van der Waals surface area contributed by atoms with Crippen molar-refractivity contribution < 1.29 is 0 Å². The molecule has 24 heavy (non-hydrogen) atoms. The number of aryl methyl sites for hydroxylation is 2. The van der Waals surface area contributed by atoms with Crippen molar-refractivity contribution in [1.82, 2.24) is 0 Å². The SMILES string of the molecule is Cc1ccc(-c2ccc3c(C)c(-c4ccccc4)ccc3c2)cc1. The fourth-order valence-corrected chi connectivity index (χ4v) is 3.34. The predicted molar refractivity (Wildman–Crippen MR) is 104 cm³/mol. The van der Waals surface area contributed by atoms with Crippen LogP contribution in [0.3, 0.4) is 0 Å². The molecule has 0 spiro atoms. The van der Waals surface area contributed by atoms with Gasteiger partial charge in [-0.1, -0.05) is 84.4 Å². The van der Waals surface area contributed by atoms with Crippen molar-refractivity contribution in [3.05, 3.63) is 96.1 Å². The van der Waals surface area contributed by atoms with Crippen LogP contribution in [0.1, 0.15) is 11.1 Å². The van der Waals surface area contributed by atoms with Gasteiger partial charge in [0.25, 0.3) is 0 Å². The van der Waals surface area contributed by atoms with Gasteiger partial charge in [0.15, 0.2) is 0 Å². The zero-order chi connectivity index (χ0) is 16.5. The predicted octanol–water partition coefficient (Wildman–Crippen LogP) is 6.79. The van der Waals surface area contributed by atoms with Crippen molar-refractivity contribution in [2.45, 2.75) is 13.8 Å². The highest BCUT2D eigenvalue weighted by Crippen LogP contribution is 2.32. The highest BCUT2D eigenvalue weighted by Gasteiger charge is 2.07. The van der Waals surface area contributed by atoms with Crippen molar-refractivity contribution in [1.29, 1.82) is 0 Å². The Morgan fingerprint density at radius 3 is 2.00 bits per heavy atom.